The number of rotatable bonds is 7. The van der Waals surface area contributed by atoms with Gasteiger partial charge >= 0.3 is 0 Å². The monoisotopic (exact) mass is 258 g/mol. The van der Waals surface area contributed by atoms with Crippen molar-refractivity contribution >= 4 is 5.91 Å². The normalized spacial score (nSPS) is 10.3. The molecule has 2 aromatic rings. The maximum atomic E-state index is 11.6. The SMILES string of the molecule is O=C(CNCCc1ccco1)NCc1ccccc1. The molecule has 1 heterocycles. The Morgan fingerprint density at radius 1 is 1.11 bits per heavy atom. The zero-order chi connectivity index (χ0) is 13.3. The zero-order valence-electron chi connectivity index (χ0n) is 10.8. The minimum atomic E-state index is 0.00305. The average Bonchev–Trinajstić information content (AvgIpc) is 2.96. The van der Waals surface area contributed by atoms with Gasteiger partial charge in [0, 0.05) is 19.5 Å². The van der Waals surface area contributed by atoms with Crippen LogP contribution in [0, 0.1) is 0 Å². The van der Waals surface area contributed by atoms with Crippen LogP contribution in [0.3, 0.4) is 0 Å². The fourth-order valence-electron chi connectivity index (χ4n) is 1.73. The molecule has 0 aliphatic rings. The molecule has 2 N–H and O–H groups in total. The van der Waals surface area contributed by atoms with E-state index in [1.165, 1.54) is 0 Å². The first kappa shape index (κ1) is 13.4. The molecule has 4 heteroatoms. The van der Waals surface area contributed by atoms with Crippen molar-refractivity contribution in [2.45, 2.75) is 13.0 Å². The van der Waals surface area contributed by atoms with Gasteiger partial charge in [0.15, 0.2) is 0 Å². The topological polar surface area (TPSA) is 54.3 Å². The standard InChI is InChI=1S/C15H18N2O2/c18-15(17-11-13-5-2-1-3-6-13)12-16-9-8-14-7-4-10-19-14/h1-7,10,16H,8-9,11-12H2,(H,17,18). The van der Waals surface area contributed by atoms with Gasteiger partial charge in [0.2, 0.25) is 5.91 Å². The van der Waals surface area contributed by atoms with Gasteiger partial charge in [-0.25, -0.2) is 0 Å². The summed E-state index contributed by atoms with van der Waals surface area (Å²) in [6, 6.07) is 13.7. The second-order valence-corrected chi connectivity index (χ2v) is 4.27. The van der Waals surface area contributed by atoms with Gasteiger partial charge in [-0.3, -0.25) is 4.79 Å². The van der Waals surface area contributed by atoms with Gasteiger partial charge in [0.1, 0.15) is 5.76 Å². The van der Waals surface area contributed by atoms with Crippen LogP contribution in [0.4, 0.5) is 0 Å². The van der Waals surface area contributed by atoms with E-state index in [9.17, 15) is 4.79 Å². The van der Waals surface area contributed by atoms with Crippen molar-refractivity contribution < 1.29 is 9.21 Å². The van der Waals surface area contributed by atoms with Gasteiger partial charge in [-0.2, -0.15) is 0 Å². The van der Waals surface area contributed by atoms with Crippen LogP contribution in [0.5, 0.6) is 0 Å². The van der Waals surface area contributed by atoms with E-state index < -0.39 is 0 Å². The molecule has 4 nitrogen and oxygen atoms in total. The van der Waals surface area contributed by atoms with Crippen LogP contribution in [0.2, 0.25) is 0 Å². The molecule has 0 radical (unpaired) electrons. The Balaban J connectivity index is 1.57. The Morgan fingerprint density at radius 2 is 1.95 bits per heavy atom. The second-order valence-electron chi connectivity index (χ2n) is 4.27. The van der Waals surface area contributed by atoms with Gasteiger partial charge in [0.05, 0.1) is 12.8 Å². The van der Waals surface area contributed by atoms with Gasteiger partial charge in [0.25, 0.3) is 0 Å². The molecule has 0 unspecified atom stereocenters. The molecule has 2 rings (SSSR count). The fraction of sp³-hybridized carbons (Fsp3) is 0.267. The molecular formula is C15H18N2O2. The van der Waals surface area contributed by atoms with E-state index in [1.54, 1.807) is 6.26 Å². The van der Waals surface area contributed by atoms with Gasteiger partial charge in [-0.1, -0.05) is 30.3 Å². The number of carbonyl (C=O) groups excluding carboxylic acids is 1. The molecule has 0 saturated heterocycles. The number of nitrogens with one attached hydrogen (secondary N) is 2. The van der Waals surface area contributed by atoms with Crippen molar-refractivity contribution in [3.05, 3.63) is 60.1 Å². The highest BCUT2D eigenvalue weighted by atomic mass is 16.3. The summed E-state index contributed by atoms with van der Waals surface area (Å²) in [5, 5.41) is 5.96. The lowest BCUT2D eigenvalue weighted by Gasteiger charge is -2.06. The molecule has 100 valence electrons. The van der Waals surface area contributed by atoms with Crippen LogP contribution in [0.15, 0.2) is 53.1 Å². The van der Waals surface area contributed by atoms with Crippen molar-refractivity contribution in [2.24, 2.45) is 0 Å². The molecule has 0 saturated carbocycles. The summed E-state index contributed by atoms with van der Waals surface area (Å²) in [6.07, 6.45) is 2.45. The number of carbonyl (C=O) groups is 1. The van der Waals surface area contributed by atoms with Gasteiger partial charge in [-0.05, 0) is 17.7 Å². The van der Waals surface area contributed by atoms with Crippen LogP contribution in [-0.2, 0) is 17.8 Å². The van der Waals surface area contributed by atoms with Crippen molar-refractivity contribution in [3.8, 4) is 0 Å². The molecule has 19 heavy (non-hydrogen) atoms. The minimum Gasteiger partial charge on any atom is -0.469 e. The third-order valence-corrected chi connectivity index (χ3v) is 2.75. The summed E-state index contributed by atoms with van der Waals surface area (Å²) < 4.78 is 5.21. The van der Waals surface area contributed by atoms with Crippen LogP contribution >= 0.6 is 0 Å². The summed E-state index contributed by atoms with van der Waals surface area (Å²) >= 11 is 0. The van der Waals surface area contributed by atoms with Crippen LogP contribution < -0.4 is 10.6 Å². The number of hydrogen-bond donors (Lipinski definition) is 2. The molecule has 0 bridgehead atoms. The number of furan rings is 1. The molecule has 1 aromatic carbocycles. The zero-order valence-corrected chi connectivity index (χ0v) is 10.8. The van der Waals surface area contributed by atoms with Crippen molar-refractivity contribution in [1.29, 1.82) is 0 Å². The van der Waals surface area contributed by atoms with Crippen molar-refractivity contribution in [1.82, 2.24) is 10.6 Å². The van der Waals surface area contributed by atoms with E-state index in [-0.39, 0.29) is 5.91 Å². The van der Waals surface area contributed by atoms with E-state index in [4.69, 9.17) is 4.42 Å². The Hall–Kier alpha value is -2.07. The highest BCUT2D eigenvalue weighted by molar-refractivity contribution is 5.77. The lowest BCUT2D eigenvalue weighted by molar-refractivity contribution is -0.120. The van der Waals surface area contributed by atoms with E-state index in [0.29, 0.717) is 13.1 Å². The predicted molar refractivity (Wildman–Crippen MR) is 73.6 cm³/mol. The van der Waals surface area contributed by atoms with Crippen molar-refractivity contribution in [2.75, 3.05) is 13.1 Å². The minimum absolute atomic E-state index is 0.00305. The predicted octanol–water partition coefficient (Wildman–Crippen LogP) is 1.73. The van der Waals surface area contributed by atoms with Crippen molar-refractivity contribution in [3.63, 3.8) is 0 Å². The molecule has 0 spiro atoms. The molecule has 0 aliphatic carbocycles. The van der Waals surface area contributed by atoms with Crippen LogP contribution in [0.25, 0.3) is 0 Å². The van der Waals surface area contributed by atoms with E-state index in [0.717, 1.165) is 24.3 Å². The Kier molecular flexibility index (Phi) is 5.19. The van der Waals surface area contributed by atoms with Crippen LogP contribution in [-0.4, -0.2) is 19.0 Å². The largest absolute Gasteiger partial charge is 0.469 e. The summed E-state index contributed by atoms with van der Waals surface area (Å²) in [7, 11) is 0. The van der Waals surface area contributed by atoms with Crippen LogP contribution in [0.1, 0.15) is 11.3 Å². The molecule has 1 aromatic heterocycles. The first-order valence-electron chi connectivity index (χ1n) is 6.38. The van der Waals surface area contributed by atoms with E-state index in [2.05, 4.69) is 10.6 Å². The average molecular weight is 258 g/mol. The Morgan fingerprint density at radius 3 is 2.68 bits per heavy atom. The Labute approximate surface area is 112 Å². The molecule has 1 amide bonds. The summed E-state index contributed by atoms with van der Waals surface area (Å²) in [5.41, 5.74) is 1.10. The first-order chi connectivity index (χ1) is 9.34. The molecule has 0 aliphatic heterocycles. The fourth-order valence-corrected chi connectivity index (χ4v) is 1.73. The second kappa shape index (κ2) is 7.38. The van der Waals surface area contributed by atoms with E-state index in [1.807, 2.05) is 42.5 Å². The van der Waals surface area contributed by atoms with Gasteiger partial charge < -0.3 is 15.1 Å². The summed E-state index contributed by atoms with van der Waals surface area (Å²) in [4.78, 5) is 11.6. The molecule has 0 atom stereocenters. The number of benzene rings is 1. The highest BCUT2D eigenvalue weighted by Crippen LogP contribution is 1.99. The lowest BCUT2D eigenvalue weighted by atomic mass is 10.2. The smallest absolute Gasteiger partial charge is 0.234 e. The highest BCUT2D eigenvalue weighted by Gasteiger charge is 2.01. The molecule has 0 fully saturated rings. The quantitative estimate of drug-likeness (QED) is 0.744. The third-order valence-electron chi connectivity index (χ3n) is 2.75. The maximum Gasteiger partial charge on any atom is 0.234 e. The number of hydrogen-bond acceptors (Lipinski definition) is 3. The maximum absolute atomic E-state index is 11.6. The number of amides is 1. The Bertz CT molecular complexity index is 480. The summed E-state index contributed by atoms with van der Waals surface area (Å²) in [6.45, 7) is 1.62. The lowest BCUT2D eigenvalue weighted by Crippen LogP contribution is -2.34. The first-order valence-corrected chi connectivity index (χ1v) is 6.38. The van der Waals surface area contributed by atoms with Gasteiger partial charge in [-0.15, -0.1) is 0 Å². The third kappa shape index (κ3) is 4.97. The molecular weight excluding hydrogens is 240 g/mol. The summed E-state index contributed by atoms with van der Waals surface area (Å²) in [5.74, 6) is 0.931. The van der Waals surface area contributed by atoms with E-state index >= 15 is 0 Å².